The number of nitrogens with zero attached hydrogens (tertiary/aromatic N) is 2. The zero-order valence-corrected chi connectivity index (χ0v) is 11.4. The van der Waals surface area contributed by atoms with Crippen LogP contribution in [-0.2, 0) is 0 Å². The number of aliphatic imine (C=N–C) groups is 1. The van der Waals surface area contributed by atoms with Gasteiger partial charge in [-0.25, -0.2) is 4.99 Å². The Labute approximate surface area is 105 Å². The number of hydrogen-bond donors (Lipinski definition) is 1. The van der Waals surface area contributed by atoms with Crippen LogP contribution in [0.2, 0.25) is 0 Å². The van der Waals surface area contributed by atoms with Gasteiger partial charge in [-0.05, 0) is 26.2 Å². The van der Waals surface area contributed by atoms with Crippen molar-refractivity contribution in [1.29, 1.82) is 0 Å². The number of allylic oxidation sites excluding steroid dienone is 2. The average Bonchev–Trinajstić information content (AvgIpc) is 2.73. The molecule has 0 spiro atoms. The molecule has 0 bridgehead atoms. The molecule has 0 saturated heterocycles. The molecule has 1 unspecified atom stereocenters. The number of likely N-dealkylation sites (N-methyl/N-ethyl adjacent to an activating group) is 1. The highest BCUT2D eigenvalue weighted by atomic mass is 16.3. The number of aliphatic hydroxyl groups is 1. The van der Waals surface area contributed by atoms with E-state index in [1.165, 1.54) is 12.3 Å². The molecule has 0 aromatic heterocycles. The molecule has 98 valence electrons. The Balaban J connectivity index is 2.42. The van der Waals surface area contributed by atoms with E-state index >= 15 is 0 Å². The third-order valence-electron chi connectivity index (χ3n) is 3.68. The van der Waals surface area contributed by atoms with Crippen LogP contribution in [0.4, 0.5) is 0 Å². The first-order chi connectivity index (χ1) is 8.29. The second-order valence-corrected chi connectivity index (χ2v) is 4.70. The van der Waals surface area contributed by atoms with Crippen molar-refractivity contribution in [1.82, 2.24) is 0 Å². The van der Waals surface area contributed by atoms with Crippen LogP contribution in [0.1, 0.15) is 39.5 Å². The van der Waals surface area contributed by atoms with Gasteiger partial charge in [0.1, 0.15) is 13.1 Å². The lowest BCUT2D eigenvalue weighted by Crippen LogP contribution is -2.52. The van der Waals surface area contributed by atoms with Crippen LogP contribution in [0.3, 0.4) is 0 Å². The first-order valence-electron chi connectivity index (χ1n) is 6.95. The molecule has 0 radical (unpaired) electrons. The number of hydrogen-bond acceptors (Lipinski definition) is 2. The van der Waals surface area contributed by atoms with Gasteiger partial charge in [-0.15, -0.1) is 0 Å². The molecule has 0 aromatic carbocycles. The summed E-state index contributed by atoms with van der Waals surface area (Å²) in [5.41, 5.74) is 0. The van der Waals surface area contributed by atoms with Crippen LogP contribution in [0, 0.1) is 0 Å². The lowest BCUT2D eigenvalue weighted by atomic mass is 10.1. The molecule has 3 nitrogen and oxygen atoms in total. The molecule has 1 N–H and O–H groups in total. The SMILES string of the molecule is CC/C=C/CCCC1=NCC[N+]1(CC)CCO. The van der Waals surface area contributed by atoms with Crippen LogP contribution >= 0.6 is 0 Å². The molecule has 1 atom stereocenters. The second kappa shape index (κ2) is 7.62. The third kappa shape index (κ3) is 3.93. The quantitative estimate of drug-likeness (QED) is 0.394. The van der Waals surface area contributed by atoms with Crippen LogP contribution < -0.4 is 0 Å². The van der Waals surface area contributed by atoms with E-state index in [4.69, 9.17) is 0 Å². The molecular formula is C14H27N2O+. The van der Waals surface area contributed by atoms with Crippen molar-refractivity contribution >= 4 is 5.84 Å². The van der Waals surface area contributed by atoms with Crippen LogP contribution in [0.15, 0.2) is 17.1 Å². The first-order valence-corrected chi connectivity index (χ1v) is 6.95. The van der Waals surface area contributed by atoms with Crippen LogP contribution in [0.25, 0.3) is 0 Å². The molecule has 0 fully saturated rings. The Morgan fingerprint density at radius 2 is 2.18 bits per heavy atom. The molecule has 0 amide bonds. The smallest absolute Gasteiger partial charge is 0.198 e. The summed E-state index contributed by atoms with van der Waals surface area (Å²) in [6, 6.07) is 0. The van der Waals surface area contributed by atoms with Crippen molar-refractivity contribution in [3.63, 3.8) is 0 Å². The van der Waals surface area contributed by atoms with Gasteiger partial charge in [-0.2, -0.15) is 0 Å². The summed E-state index contributed by atoms with van der Waals surface area (Å²) < 4.78 is 0.925. The minimum atomic E-state index is 0.266. The minimum Gasteiger partial charge on any atom is -0.390 e. The third-order valence-corrected chi connectivity index (χ3v) is 3.68. The maximum Gasteiger partial charge on any atom is 0.198 e. The maximum atomic E-state index is 9.20. The Morgan fingerprint density at radius 1 is 1.35 bits per heavy atom. The average molecular weight is 239 g/mol. The molecule has 0 saturated carbocycles. The van der Waals surface area contributed by atoms with Crippen molar-refractivity contribution in [3.8, 4) is 0 Å². The number of rotatable bonds is 8. The van der Waals surface area contributed by atoms with E-state index in [0.717, 1.165) is 49.9 Å². The monoisotopic (exact) mass is 239 g/mol. The molecule has 0 aromatic rings. The van der Waals surface area contributed by atoms with Crippen molar-refractivity contribution < 1.29 is 9.59 Å². The van der Waals surface area contributed by atoms with Gasteiger partial charge in [0.2, 0.25) is 0 Å². The lowest BCUT2D eigenvalue weighted by Gasteiger charge is -2.33. The number of quaternary nitrogens is 1. The fourth-order valence-corrected chi connectivity index (χ4v) is 2.56. The van der Waals surface area contributed by atoms with E-state index in [2.05, 4.69) is 31.0 Å². The zero-order valence-electron chi connectivity index (χ0n) is 11.4. The van der Waals surface area contributed by atoms with Crippen LogP contribution in [0.5, 0.6) is 0 Å². The highest BCUT2D eigenvalue weighted by Gasteiger charge is 2.35. The molecular weight excluding hydrogens is 212 g/mol. The summed E-state index contributed by atoms with van der Waals surface area (Å²) in [6.45, 7) is 8.55. The van der Waals surface area contributed by atoms with Gasteiger partial charge in [-0.1, -0.05) is 19.1 Å². The van der Waals surface area contributed by atoms with E-state index in [-0.39, 0.29) is 6.61 Å². The van der Waals surface area contributed by atoms with Gasteiger partial charge >= 0.3 is 0 Å². The van der Waals surface area contributed by atoms with Gasteiger partial charge in [0.15, 0.2) is 5.84 Å². The number of unbranched alkanes of at least 4 members (excludes halogenated alkanes) is 1. The van der Waals surface area contributed by atoms with Crippen LogP contribution in [-0.4, -0.2) is 48.2 Å². The Hall–Kier alpha value is -0.670. The maximum absolute atomic E-state index is 9.20. The molecule has 1 aliphatic rings. The number of aliphatic hydroxyl groups excluding tert-OH is 1. The molecule has 1 heterocycles. The Bertz CT molecular complexity index is 273. The highest BCUT2D eigenvalue weighted by Crippen LogP contribution is 2.18. The summed E-state index contributed by atoms with van der Waals surface area (Å²) in [5.74, 6) is 1.31. The summed E-state index contributed by atoms with van der Waals surface area (Å²) in [4.78, 5) is 4.65. The predicted molar refractivity (Wildman–Crippen MR) is 73.2 cm³/mol. The van der Waals surface area contributed by atoms with E-state index in [1.54, 1.807) is 0 Å². The van der Waals surface area contributed by atoms with E-state index < -0.39 is 0 Å². The highest BCUT2D eigenvalue weighted by molar-refractivity contribution is 5.76. The predicted octanol–water partition coefficient (Wildman–Crippen LogP) is 2.36. The summed E-state index contributed by atoms with van der Waals surface area (Å²) >= 11 is 0. The molecule has 17 heavy (non-hydrogen) atoms. The summed E-state index contributed by atoms with van der Waals surface area (Å²) in [5, 5.41) is 9.20. The van der Waals surface area contributed by atoms with Crippen molar-refractivity contribution in [2.45, 2.75) is 39.5 Å². The van der Waals surface area contributed by atoms with Crippen molar-refractivity contribution in [2.24, 2.45) is 4.99 Å². The van der Waals surface area contributed by atoms with Crippen molar-refractivity contribution in [3.05, 3.63) is 12.2 Å². The minimum absolute atomic E-state index is 0.266. The van der Waals surface area contributed by atoms with Gasteiger partial charge in [0.05, 0.1) is 19.7 Å². The Kier molecular flexibility index (Phi) is 6.45. The second-order valence-electron chi connectivity index (χ2n) is 4.70. The number of amidine groups is 1. The fraction of sp³-hybridized carbons (Fsp3) is 0.786. The Morgan fingerprint density at radius 3 is 2.82 bits per heavy atom. The fourth-order valence-electron chi connectivity index (χ4n) is 2.56. The standard InChI is InChI=1S/C14H27N2O/c1-3-5-6-7-8-9-14-15-10-11-16(14,4-2)12-13-17/h5-6,17H,3-4,7-13H2,1-2H3/q+1/b6-5+. The van der Waals surface area contributed by atoms with Gasteiger partial charge < -0.3 is 5.11 Å². The molecule has 1 rings (SSSR count). The normalized spacial score (nSPS) is 24.5. The van der Waals surface area contributed by atoms with E-state index in [0.29, 0.717) is 0 Å². The first kappa shape index (κ1) is 14.4. The largest absolute Gasteiger partial charge is 0.390 e. The molecule has 0 aliphatic carbocycles. The lowest BCUT2D eigenvalue weighted by molar-refractivity contribution is -0.835. The zero-order chi connectivity index (χ0) is 12.6. The van der Waals surface area contributed by atoms with E-state index in [1.807, 2.05) is 0 Å². The van der Waals surface area contributed by atoms with Crippen molar-refractivity contribution in [2.75, 3.05) is 32.8 Å². The molecule has 1 aliphatic heterocycles. The van der Waals surface area contributed by atoms with Gasteiger partial charge in [0, 0.05) is 6.42 Å². The van der Waals surface area contributed by atoms with Gasteiger partial charge in [-0.3, -0.25) is 4.48 Å². The molecule has 3 heteroatoms. The topological polar surface area (TPSA) is 32.6 Å². The summed E-state index contributed by atoms with van der Waals surface area (Å²) in [6.07, 6.45) is 9.03. The summed E-state index contributed by atoms with van der Waals surface area (Å²) in [7, 11) is 0. The van der Waals surface area contributed by atoms with E-state index in [9.17, 15) is 5.11 Å². The van der Waals surface area contributed by atoms with Gasteiger partial charge in [0.25, 0.3) is 0 Å².